The second-order valence-corrected chi connectivity index (χ2v) is 13.0. The highest BCUT2D eigenvalue weighted by Crippen LogP contribution is 2.41. The summed E-state index contributed by atoms with van der Waals surface area (Å²) in [6, 6.07) is 0.298. The van der Waals surface area contributed by atoms with Gasteiger partial charge < -0.3 is 9.16 Å². The van der Waals surface area contributed by atoms with Gasteiger partial charge in [-0.25, -0.2) is 4.39 Å². The van der Waals surface area contributed by atoms with Crippen LogP contribution in [0, 0.1) is 11.3 Å². The Morgan fingerprint density at radius 2 is 1.93 bits per heavy atom. The highest BCUT2D eigenvalue weighted by molar-refractivity contribution is 6.74. The highest BCUT2D eigenvalue weighted by atomic mass is 35.5. The van der Waals surface area contributed by atoms with Crippen LogP contribution in [0.4, 0.5) is 4.39 Å². The second-order valence-electron chi connectivity index (χ2n) is 7.75. The summed E-state index contributed by atoms with van der Waals surface area (Å²) in [5.74, 6) is -0.988. The highest BCUT2D eigenvalue weighted by Gasteiger charge is 2.39. The molecule has 29 heavy (non-hydrogen) atoms. The number of nitrogens with one attached hydrogen (secondary N) is 1. The van der Waals surface area contributed by atoms with Crippen LogP contribution in [0.1, 0.15) is 71.4 Å². The third-order valence-electron chi connectivity index (χ3n) is 4.81. The van der Waals surface area contributed by atoms with E-state index in [1.54, 1.807) is 6.92 Å². The molecule has 0 aromatic heterocycles. The van der Waals surface area contributed by atoms with Gasteiger partial charge in [0.05, 0.1) is 29.4 Å². The summed E-state index contributed by atoms with van der Waals surface area (Å²) in [6.07, 6.45) is 0. The van der Waals surface area contributed by atoms with Crippen molar-refractivity contribution in [1.29, 1.82) is 5.53 Å². The zero-order valence-electron chi connectivity index (χ0n) is 16.9. The zero-order chi connectivity index (χ0) is 21.0. The molecule has 0 bridgehead atoms. The molecule has 0 amide bonds. The van der Waals surface area contributed by atoms with Gasteiger partial charge in [0.15, 0.2) is 26.0 Å². The number of halogens is 2. The molecule has 1 N–H and O–H groups in total. The fourth-order valence-electron chi connectivity index (χ4n) is 2.24. The Balaban J connectivity index is 0. The summed E-state index contributed by atoms with van der Waals surface area (Å²) in [5, 5.41) is 3.55. The molecule has 0 saturated heterocycles. The van der Waals surface area contributed by atoms with Crippen molar-refractivity contribution in [3.05, 3.63) is 28.0 Å². The Labute approximate surface area is 180 Å². The van der Waals surface area contributed by atoms with Crippen molar-refractivity contribution < 1.29 is 18.3 Å². The van der Waals surface area contributed by atoms with Crippen LogP contribution in [0.15, 0.2) is 11.2 Å². The Bertz CT molecular complexity index is 760. The molecule has 9 heteroatoms. The van der Waals surface area contributed by atoms with E-state index in [4.69, 9.17) is 26.3 Å². The molecule has 0 spiro atoms. The minimum absolute atomic E-state index is 0. The first-order valence-electron chi connectivity index (χ1n) is 8.73. The Morgan fingerprint density at radius 1 is 1.38 bits per heavy atom. The summed E-state index contributed by atoms with van der Waals surface area (Å²) in [5.41, 5.74) is 7.28. The lowest BCUT2D eigenvalue weighted by atomic mass is 10.00. The molecular weight excluding hydrogens is 413 g/mol. The number of carbonyl (C=O) groups excluding carboxylic acids is 1. The van der Waals surface area contributed by atoms with Crippen molar-refractivity contribution in [3.63, 3.8) is 0 Å². The van der Waals surface area contributed by atoms with Gasteiger partial charge in [-0.05, 0) is 38.0 Å². The maximum Gasteiger partial charge on any atom is 0.214 e. The predicted molar refractivity (Wildman–Crippen MR) is 119 cm³/mol. The number of ether oxygens (including phenoxy) is 1. The van der Waals surface area contributed by atoms with Crippen LogP contribution in [0.2, 0.25) is 23.2 Å². The average Bonchev–Trinajstić information content (AvgIpc) is 2.54. The molecule has 1 aromatic rings. The Kier molecular flexibility index (Phi) is 11.8. The number of ketones is 1. The molecule has 0 radical (unpaired) electrons. The first-order chi connectivity index (χ1) is 12.4. The van der Waals surface area contributed by atoms with Gasteiger partial charge in [-0.3, -0.25) is 4.79 Å². The van der Waals surface area contributed by atoms with E-state index in [9.17, 15) is 9.18 Å². The van der Waals surface area contributed by atoms with Crippen LogP contribution >= 0.6 is 11.6 Å². The predicted octanol–water partition coefficient (Wildman–Crippen LogP) is 6.97. The standard InChI is InChI=1S/C18H28ClFN3O3Si.2CH4/c1-8-25-17-12(11(2)24)9-13(19)16(20)15(17)14(22-23-21)10-26-27(6,7)18(3,4)5;;/h9,14,21H,8,10H2,1-7H3;2*1H4/q+1;;. The van der Waals surface area contributed by atoms with Crippen LogP contribution < -0.4 is 9.65 Å². The lowest BCUT2D eigenvalue weighted by Gasteiger charge is -2.36. The van der Waals surface area contributed by atoms with Crippen LogP contribution in [-0.2, 0) is 4.43 Å². The number of hydrogen-bond acceptors (Lipinski definition) is 5. The third kappa shape index (κ3) is 6.99. The molecule has 0 saturated carbocycles. The van der Waals surface area contributed by atoms with Gasteiger partial charge in [-0.2, -0.15) is 0 Å². The van der Waals surface area contributed by atoms with Gasteiger partial charge in [-0.15, -0.1) is 0 Å². The number of carbonyl (C=O) groups is 1. The van der Waals surface area contributed by atoms with E-state index in [0.29, 0.717) is 0 Å². The van der Waals surface area contributed by atoms with Gasteiger partial charge in [0.25, 0.3) is 0 Å². The minimum Gasteiger partial charge on any atom is -0.493 e. The molecule has 6 nitrogen and oxygen atoms in total. The van der Waals surface area contributed by atoms with Crippen LogP contribution in [0.5, 0.6) is 5.75 Å². The molecule has 1 atom stereocenters. The lowest BCUT2D eigenvalue weighted by Crippen LogP contribution is -2.41. The zero-order valence-corrected chi connectivity index (χ0v) is 18.7. The van der Waals surface area contributed by atoms with Crippen molar-refractivity contribution in [2.24, 2.45) is 5.11 Å². The van der Waals surface area contributed by atoms with E-state index in [1.165, 1.54) is 13.0 Å². The van der Waals surface area contributed by atoms with Gasteiger partial charge in [0.1, 0.15) is 16.4 Å². The second kappa shape index (κ2) is 11.5. The van der Waals surface area contributed by atoms with Crippen molar-refractivity contribution in [3.8, 4) is 5.75 Å². The Morgan fingerprint density at radius 3 is 2.34 bits per heavy atom. The Hall–Kier alpha value is -1.60. The van der Waals surface area contributed by atoms with Crippen molar-refractivity contribution in [1.82, 2.24) is 4.91 Å². The summed E-state index contributed by atoms with van der Waals surface area (Å²) in [7, 11) is -2.16. The van der Waals surface area contributed by atoms with Gasteiger partial charge in [0, 0.05) is 0 Å². The minimum atomic E-state index is -2.16. The van der Waals surface area contributed by atoms with Crippen LogP contribution in [0.25, 0.3) is 0 Å². The normalized spacial score (nSPS) is 12.2. The lowest BCUT2D eigenvalue weighted by molar-refractivity contribution is 0.101. The topological polar surface area (TPSA) is 85.8 Å². The number of benzene rings is 1. The molecule has 0 aliphatic carbocycles. The summed E-state index contributed by atoms with van der Waals surface area (Å²) in [6.45, 7) is 13.7. The van der Waals surface area contributed by atoms with E-state index >= 15 is 0 Å². The molecule has 0 heterocycles. The summed E-state index contributed by atoms with van der Waals surface area (Å²) < 4.78 is 26.6. The maximum atomic E-state index is 14.9. The molecule has 166 valence electrons. The van der Waals surface area contributed by atoms with Crippen LogP contribution in [0.3, 0.4) is 0 Å². The van der Waals surface area contributed by atoms with Gasteiger partial charge >= 0.3 is 0 Å². The number of rotatable bonds is 8. The number of Topliss-reactive ketones (excluding diaryl/α,β-unsaturated/α-hetero) is 1. The summed E-state index contributed by atoms with van der Waals surface area (Å²) in [4.78, 5) is 15.1. The van der Waals surface area contributed by atoms with E-state index < -0.39 is 20.2 Å². The molecule has 0 aliphatic rings. The van der Waals surface area contributed by atoms with E-state index in [1.807, 2.05) is 0 Å². The first kappa shape index (κ1) is 29.6. The fourth-order valence-corrected chi connectivity index (χ4v) is 3.45. The molecule has 1 aromatic carbocycles. The van der Waals surface area contributed by atoms with E-state index in [-0.39, 0.29) is 60.8 Å². The van der Waals surface area contributed by atoms with Gasteiger partial charge in [-0.1, -0.05) is 47.2 Å². The molecule has 0 aliphatic heterocycles. The van der Waals surface area contributed by atoms with Crippen molar-refractivity contribution in [2.75, 3.05) is 13.2 Å². The van der Waals surface area contributed by atoms with Crippen LogP contribution in [-0.4, -0.2) is 27.3 Å². The maximum absolute atomic E-state index is 14.9. The average molecular weight is 449 g/mol. The summed E-state index contributed by atoms with van der Waals surface area (Å²) >= 11 is 6.01. The largest absolute Gasteiger partial charge is 0.493 e. The number of nitrogens with zero attached hydrogens (tertiary/aromatic N) is 2. The van der Waals surface area contributed by atoms with Gasteiger partial charge in [0.2, 0.25) is 4.91 Å². The molecular formula is C20H36ClFN3O3Si+. The number of hydrogen-bond donors (Lipinski definition) is 1. The fraction of sp³-hybridized carbons (Fsp3) is 0.650. The van der Waals surface area contributed by atoms with Crippen molar-refractivity contribution >= 4 is 25.7 Å². The molecule has 0 fully saturated rings. The third-order valence-corrected chi connectivity index (χ3v) is 9.59. The SMILES string of the molecule is C.C.CCOc1c(C(C)=O)cc(Cl)c(F)c1C(CO[Si](C)(C)C(C)(C)C)N=[N+]=N. The van der Waals surface area contributed by atoms with E-state index in [0.717, 1.165) is 0 Å². The molecule has 1 unspecified atom stereocenters. The van der Waals surface area contributed by atoms with Crippen molar-refractivity contribution in [2.45, 2.75) is 73.6 Å². The molecule has 1 rings (SSSR count). The first-order valence-corrected chi connectivity index (χ1v) is 12.0. The smallest absolute Gasteiger partial charge is 0.214 e. The quantitative estimate of drug-likeness (QED) is 0.201. The van der Waals surface area contributed by atoms with E-state index in [2.05, 4.69) is 43.9 Å². The monoisotopic (exact) mass is 448 g/mol.